The number of phenols is 1. The molecule has 0 fully saturated rings. The monoisotopic (exact) mass is 357 g/mol. The molecule has 0 spiro atoms. The molecule has 5 nitrogen and oxygen atoms in total. The largest absolute Gasteiger partial charge is 0.508 e. The predicted molar refractivity (Wildman–Crippen MR) is 102 cm³/mol. The highest BCUT2D eigenvalue weighted by molar-refractivity contribution is 5.88. The molecule has 27 heavy (non-hydrogen) atoms. The van der Waals surface area contributed by atoms with E-state index >= 15 is 0 Å². The van der Waals surface area contributed by atoms with Crippen LogP contribution in [-0.4, -0.2) is 16.2 Å². The maximum Gasteiger partial charge on any atom is 0.335 e. The molecular weight excluding hydrogens is 342 g/mol. The molecule has 0 radical (unpaired) electrons. The van der Waals surface area contributed by atoms with Crippen molar-refractivity contribution in [2.75, 3.05) is 0 Å². The van der Waals surface area contributed by atoms with Gasteiger partial charge in [0.05, 0.1) is 16.6 Å². The Bertz CT molecular complexity index is 1190. The zero-order chi connectivity index (χ0) is 18.8. The zero-order valence-corrected chi connectivity index (χ0v) is 14.2. The highest BCUT2D eigenvalue weighted by Crippen LogP contribution is 2.24. The van der Waals surface area contributed by atoms with E-state index in [1.807, 2.05) is 36.4 Å². The van der Waals surface area contributed by atoms with Gasteiger partial charge in [0, 0.05) is 17.0 Å². The summed E-state index contributed by atoms with van der Waals surface area (Å²) >= 11 is 0. The lowest BCUT2D eigenvalue weighted by molar-refractivity contribution is 0.0697. The van der Waals surface area contributed by atoms with Gasteiger partial charge >= 0.3 is 5.97 Å². The van der Waals surface area contributed by atoms with Crippen LogP contribution in [0.5, 0.6) is 5.75 Å². The second-order valence-electron chi connectivity index (χ2n) is 6.01. The van der Waals surface area contributed by atoms with E-state index in [9.17, 15) is 9.90 Å². The van der Waals surface area contributed by atoms with Gasteiger partial charge in [0.1, 0.15) is 17.1 Å². The van der Waals surface area contributed by atoms with Crippen LogP contribution in [0, 0.1) is 0 Å². The average molecular weight is 357 g/mol. The van der Waals surface area contributed by atoms with Crippen LogP contribution in [0.2, 0.25) is 0 Å². The van der Waals surface area contributed by atoms with Crippen molar-refractivity contribution in [1.82, 2.24) is 0 Å². The van der Waals surface area contributed by atoms with Gasteiger partial charge in [-0.05, 0) is 42.5 Å². The van der Waals surface area contributed by atoms with Crippen LogP contribution in [0.4, 0.5) is 5.69 Å². The van der Waals surface area contributed by atoms with Gasteiger partial charge in [-0.3, -0.25) is 0 Å². The minimum Gasteiger partial charge on any atom is -0.508 e. The molecule has 5 heteroatoms. The van der Waals surface area contributed by atoms with Crippen molar-refractivity contribution in [3.05, 3.63) is 89.8 Å². The summed E-state index contributed by atoms with van der Waals surface area (Å²) in [4.78, 5) is 15.6. The maximum atomic E-state index is 11.0. The van der Waals surface area contributed by atoms with Crippen LogP contribution in [0.1, 0.15) is 10.4 Å². The summed E-state index contributed by atoms with van der Waals surface area (Å²) in [6, 6.07) is 22.6. The van der Waals surface area contributed by atoms with Crippen molar-refractivity contribution in [2.24, 2.45) is 4.99 Å². The lowest BCUT2D eigenvalue weighted by Crippen LogP contribution is -2.03. The van der Waals surface area contributed by atoms with Crippen LogP contribution >= 0.6 is 0 Å². The van der Waals surface area contributed by atoms with Gasteiger partial charge in [-0.15, -0.1) is 0 Å². The number of carboxylic acid groups (broad SMARTS) is 1. The molecule has 2 N–H and O–H groups in total. The molecule has 0 unspecified atom stereocenters. The first-order valence-electron chi connectivity index (χ1n) is 8.30. The highest BCUT2D eigenvalue weighted by Gasteiger charge is 2.07. The number of hydrogen-bond acceptors (Lipinski definition) is 4. The van der Waals surface area contributed by atoms with Crippen molar-refractivity contribution in [2.45, 2.75) is 0 Å². The summed E-state index contributed by atoms with van der Waals surface area (Å²) in [6.07, 6.45) is 0. The Balaban J connectivity index is 1.94. The molecule has 3 aromatic carbocycles. The first kappa shape index (κ1) is 16.6. The summed E-state index contributed by atoms with van der Waals surface area (Å²) in [6.45, 7) is 0. The Hall–Kier alpha value is -3.86. The molecule has 0 atom stereocenters. The lowest BCUT2D eigenvalue weighted by Gasteiger charge is -2.05. The topological polar surface area (TPSA) is 83.0 Å². The summed E-state index contributed by atoms with van der Waals surface area (Å²) < 4.78 is 5.98. The van der Waals surface area contributed by atoms with Crippen LogP contribution in [-0.2, 0) is 0 Å². The van der Waals surface area contributed by atoms with E-state index < -0.39 is 5.97 Å². The van der Waals surface area contributed by atoms with Crippen molar-refractivity contribution in [1.29, 1.82) is 0 Å². The number of hydrogen-bond donors (Lipinski definition) is 2. The van der Waals surface area contributed by atoms with Crippen molar-refractivity contribution in [3.8, 4) is 17.1 Å². The Morgan fingerprint density at radius 2 is 1.63 bits per heavy atom. The number of rotatable bonds is 3. The molecule has 1 aromatic heterocycles. The standard InChI is InChI=1S/C22H15NO4/c24-17-10-11-20-18(12-17)19(13-21(27-20)14-4-2-1-3-5-14)23-16-8-6-15(7-9-16)22(25)26/h1-13,24H,(H,25,26). The molecule has 0 saturated heterocycles. The first-order chi connectivity index (χ1) is 13.1. The quantitative estimate of drug-likeness (QED) is 0.555. The summed E-state index contributed by atoms with van der Waals surface area (Å²) in [5, 5.41) is 20.2. The van der Waals surface area contributed by atoms with Crippen LogP contribution in [0.15, 0.2) is 88.3 Å². The number of carboxylic acids is 1. The second kappa shape index (κ2) is 6.80. The summed E-state index contributed by atoms with van der Waals surface area (Å²) in [7, 11) is 0. The third-order valence-corrected chi connectivity index (χ3v) is 4.15. The second-order valence-corrected chi connectivity index (χ2v) is 6.01. The molecule has 0 saturated carbocycles. The van der Waals surface area contributed by atoms with E-state index in [2.05, 4.69) is 4.99 Å². The fraction of sp³-hybridized carbons (Fsp3) is 0. The fourth-order valence-corrected chi connectivity index (χ4v) is 2.81. The van der Waals surface area contributed by atoms with E-state index in [0.29, 0.717) is 27.8 Å². The first-order valence-corrected chi connectivity index (χ1v) is 8.30. The Labute approximate surface area is 154 Å². The van der Waals surface area contributed by atoms with E-state index in [0.717, 1.165) is 5.56 Å². The maximum absolute atomic E-state index is 11.0. The molecule has 0 amide bonds. The predicted octanol–water partition coefficient (Wildman–Crippen LogP) is 4.74. The van der Waals surface area contributed by atoms with Crippen molar-refractivity contribution in [3.63, 3.8) is 0 Å². The molecule has 0 aliphatic carbocycles. The number of fused-ring (bicyclic) bond motifs is 1. The van der Waals surface area contributed by atoms with E-state index in [1.165, 1.54) is 12.1 Å². The van der Waals surface area contributed by atoms with E-state index in [-0.39, 0.29) is 11.3 Å². The molecule has 1 heterocycles. The molecule has 4 rings (SSSR count). The van der Waals surface area contributed by atoms with Gasteiger partial charge in [-0.1, -0.05) is 30.3 Å². The molecule has 0 aliphatic rings. The number of aromatic carboxylic acids is 1. The SMILES string of the molecule is O=C(O)c1ccc(N=c2cc(-c3ccccc3)oc3ccc(O)cc23)cc1. The van der Waals surface area contributed by atoms with Gasteiger partial charge in [-0.2, -0.15) is 0 Å². The zero-order valence-electron chi connectivity index (χ0n) is 14.2. The van der Waals surface area contributed by atoms with E-state index in [1.54, 1.807) is 30.3 Å². The molecule has 0 aliphatic heterocycles. The minimum atomic E-state index is -0.984. The summed E-state index contributed by atoms with van der Waals surface area (Å²) in [5.41, 5.74) is 2.31. The Morgan fingerprint density at radius 1 is 0.889 bits per heavy atom. The molecule has 4 aromatic rings. The molecule has 132 valence electrons. The van der Waals surface area contributed by atoms with Gasteiger partial charge in [0.25, 0.3) is 0 Å². The number of nitrogens with zero attached hydrogens (tertiary/aromatic N) is 1. The molecule has 0 bridgehead atoms. The Kier molecular flexibility index (Phi) is 4.18. The number of benzene rings is 3. The van der Waals surface area contributed by atoms with E-state index in [4.69, 9.17) is 9.52 Å². The minimum absolute atomic E-state index is 0.114. The van der Waals surface area contributed by atoms with Gasteiger partial charge in [0.15, 0.2) is 0 Å². The normalized spacial score (nSPS) is 11.6. The number of aromatic hydroxyl groups is 1. The lowest BCUT2D eigenvalue weighted by atomic mass is 10.1. The third kappa shape index (κ3) is 3.43. The third-order valence-electron chi connectivity index (χ3n) is 4.15. The highest BCUT2D eigenvalue weighted by atomic mass is 16.4. The molecular formula is C22H15NO4. The number of phenolic OH excluding ortho intramolecular Hbond substituents is 1. The van der Waals surface area contributed by atoms with Gasteiger partial charge in [-0.25, -0.2) is 9.79 Å². The average Bonchev–Trinajstić information content (AvgIpc) is 2.69. The van der Waals surface area contributed by atoms with Crippen LogP contribution in [0.25, 0.3) is 22.3 Å². The van der Waals surface area contributed by atoms with Gasteiger partial charge < -0.3 is 14.6 Å². The fourth-order valence-electron chi connectivity index (χ4n) is 2.81. The van der Waals surface area contributed by atoms with Gasteiger partial charge in [0.2, 0.25) is 0 Å². The number of carbonyl (C=O) groups is 1. The summed E-state index contributed by atoms with van der Waals surface area (Å²) in [5.74, 6) is -0.223. The van der Waals surface area contributed by atoms with Crippen molar-refractivity contribution >= 4 is 22.6 Å². The Morgan fingerprint density at radius 3 is 2.33 bits per heavy atom. The van der Waals surface area contributed by atoms with Crippen molar-refractivity contribution < 1.29 is 19.4 Å². The van der Waals surface area contributed by atoms with Crippen LogP contribution in [0.3, 0.4) is 0 Å². The van der Waals surface area contributed by atoms with Crippen LogP contribution < -0.4 is 5.36 Å². The smallest absolute Gasteiger partial charge is 0.335 e.